The Labute approximate surface area is 247 Å². The van der Waals surface area contributed by atoms with Crippen LogP contribution >= 0.6 is 23.1 Å². The number of thiophene rings is 1. The second-order valence-corrected chi connectivity index (χ2v) is 11.8. The fourth-order valence-electron chi connectivity index (χ4n) is 4.90. The Hall–Kier alpha value is -4.14. The Balaban J connectivity index is 1.21. The smallest absolute Gasteiger partial charge is 0.341 e. The number of hydrogen-bond donors (Lipinski definition) is 2. The number of nitrogens with one attached hydrogen (secondary N) is 2. The highest BCUT2D eigenvalue weighted by atomic mass is 32.2. The lowest BCUT2D eigenvalue weighted by Crippen LogP contribution is -2.17. The molecule has 0 bridgehead atoms. The minimum absolute atomic E-state index is 0.154. The van der Waals surface area contributed by atoms with E-state index in [2.05, 4.69) is 34.9 Å². The van der Waals surface area contributed by atoms with Gasteiger partial charge in [-0.3, -0.25) is 9.59 Å². The van der Waals surface area contributed by atoms with Crippen molar-refractivity contribution < 1.29 is 19.1 Å². The summed E-state index contributed by atoms with van der Waals surface area (Å²) in [6.45, 7) is 0. The number of esters is 1. The topological polar surface area (TPSA) is 84.5 Å². The van der Waals surface area contributed by atoms with Crippen LogP contribution in [0.2, 0.25) is 0 Å². The summed E-state index contributed by atoms with van der Waals surface area (Å²) in [6.07, 6.45) is 5.78. The molecule has 1 heterocycles. The van der Waals surface area contributed by atoms with Crippen molar-refractivity contribution in [2.24, 2.45) is 0 Å². The first-order valence-corrected chi connectivity index (χ1v) is 15.1. The monoisotopic (exact) mass is 582 g/mol. The Morgan fingerprint density at radius 2 is 1.73 bits per heavy atom. The zero-order chi connectivity index (χ0) is 28.6. The number of methoxy groups -OCH3 is 1. The predicted molar refractivity (Wildman–Crippen MR) is 167 cm³/mol. The molecule has 1 aromatic heterocycles. The number of hydrogen-bond acceptors (Lipinski definition) is 6. The van der Waals surface area contributed by atoms with Crippen LogP contribution in [0.15, 0.2) is 95.9 Å². The molecule has 1 atom stereocenters. The number of thioether (sulfide) groups is 1. The van der Waals surface area contributed by atoms with Gasteiger partial charge >= 0.3 is 5.97 Å². The first kappa shape index (κ1) is 28.4. The van der Waals surface area contributed by atoms with Gasteiger partial charge in [0, 0.05) is 21.5 Å². The lowest BCUT2D eigenvalue weighted by atomic mass is 9.83. The standard InChI is InChI=1S/C33H30N2O4S2/c1-39-33(38)31-27-17-16-24(23-11-6-3-7-12-23)19-28(27)41-32(31)35-30(37)21-40-26-14-8-13-25(20-26)34-29(36)18-15-22-9-4-2-5-10-22/h2-15,18,20,24H,16-17,19,21H2,1H3,(H,34,36)(H,35,37)/b18-15+. The third-order valence-electron chi connectivity index (χ3n) is 6.88. The molecule has 0 radical (unpaired) electrons. The van der Waals surface area contributed by atoms with E-state index in [0.717, 1.165) is 40.2 Å². The van der Waals surface area contributed by atoms with E-state index >= 15 is 0 Å². The van der Waals surface area contributed by atoms with Crippen LogP contribution < -0.4 is 10.6 Å². The van der Waals surface area contributed by atoms with Crippen LogP contribution in [0, 0.1) is 0 Å². The van der Waals surface area contributed by atoms with Crippen LogP contribution in [0.1, 0.15) is 44.3 Å². The SMILES string of the molecule is COC(=O)c1c(NC(=O)CSc2cccc(NC(=O)/C=C/c3ccccc3)c2)sc2c1CCC(c1ccccc1)C2. The van der Waals surface area contributed by atoms with E-state index in [-0.39, 0.29) is 17.6 Å². The van der Waals surface area contributed by atoms with Gasteiger partial charge in [-0.05, 0) is 66.1 Å². The van der Waals surface area contributed by atoms with Gasteiger partial charge < -0.3 is 15.4 Å². The van der Waals surface area contributed by atoms with Gasteiger partial charge in [0.25, 0.3) is 0 Å². The highest BCUT2D eigenvalue weighted by molar-refractivity contribution is 8.00. The number of carbonyl (C=O) groups excluding carboxylic acids is 3. The van der Waals surface area contributed by atoms with Gasteiger partial charge in [0.15, 0.2) is 0 Å². The van der Waals surface area contributed by atoms with Gasteiger partial charge in [-0.25, -0.2) is 4.79 Å². The van der Waals surface area contributed by atoms with Crippen molar-refractivity contribution in [3.05, 3.63) is 118 Å². The number of carbonyl (C=O) groups is 3. The summed E-state index contributed by atoms with van der Waals surface area (Å²) in [6, 6.07) is 27.4. The zero-order valence-corrected chi connectivity index (χ0v) is 24.2. The van der Waals surface area contributed by atoms with E-state index in [1.807, 2.05) is 54.6 Å². The summed E-state index contributed by atoms with van der Waals surface area (Å²) < 4.78 is 5.08. The molecule has 5 rings (SSSR count). The molecule has 2 amide bonds. The second kappa shape index (κ2) is 13.5. The van der Waals surface area contributed by atoms with Crippen LogP contribution in [0.4, 0.5) is 10.7 Å². The maximum absolute atomic E-state index is 13.0. The average Bonchev–Trinajstić information content (AvgIpc) is 3.36. The molecule has 1 aliphatic rings. The van der Waals surface area contributed by atoms with Crippen LogP contribution in [0.3, 0.4) is 0 Å². The third-order valence-corrected chi connectivity index (χ3v) is 9.04. The molecule has 0 saturated heterocycles. The largest absolute Gasteiger partial charge is 0.465 e. The van der Waals surface area contributed by atoms with E-state index < -0.39 is 5.97 Å². The molecule has 3 aromatic carbocycles. The van der Waals surface area contributed by atoms with Crippen molar-refractivity contribution >= 4 is 57.6 Å². The van der Waals surface area contributed by atoms with Gasteiger partial charge in [-0.1, -0.05) is 66.7 Å². The molecular formula is C33H30N2O4S2. The number of benzene rings is 3. The number of rotatable bonds is 9. The van der Waals surface area contributed by atoms with Crippen LogP contribution in [0.25, 0.3) is 6.08 Å². The minimum atomic E-state index is -0.423. The Morgan fingerprint density at radius 1 is 0.976 bits per heavy atom. The quantitative estimate of drug-likeness (QED) is 0.124. The van der Waals surface area contributed by atoms with Crippen molar-refractivity contribution in [3.8, 4) is 0 Å². The highest BCUT2D eigenvalue weighted by Gasteiger charge is 2.30. The van der Waals surface area contributed by atoms with Crippen molar-refractivity contribution in [2.45, 2.75) is 30.1 Å². The molecule has 8 heteroatoms. The van der Waals surface area contributed by atoms with Gasteiger partial charge in [0.2, 0.25) is 11.8 Å². The summed E-state index contributed by atoms with van der Waals surface area (Å²) >= 11 is 2.83. The Bertz CT molecular complexity index is 1560. The molecular weight excluding hydrogens is 553 g/mol. The highest BCUT2D eigenvalue weighted by Crippen LogP contribution is 2.42. The van der Waals surface area contributed by atoms with Gasteiger partial charge in [0.1, 0.15) is 5.00 Å². The fourth-order valence-corrected chi connectivity index (χ4v) is 6.98. The fraction of sp³-hybridized carbons (Fsp3) is 0.182. The summed E-state index contributed by atoms with van der Waals surface area (Å²) in [5.41, 5.74) is 4.34. The zero-order valence-electron chi connectivity index (χ0n) is 22.6. The normalized spacial score (nSPS) is 14.3. The van der Waals surface area contributed by atoms with Crippen molar-refractivity contribution in [1.29, 1.82) is 0 Å². The molecule has 41 heavy (non-hydrogen) atoms. The summed E-state index contributed by atoms with van der Waals surface area (Å²) in [5, 5.41) is 6.37. The molecule has 0 spiro atoms. The second-order valence-electron chi connectivity index (χ2n) is 9.65. The molecule has 2 N–H and O–H groups in total. The average molecular weight is 583 g/mol. The molecule has 4 aromatic rings. The third kappa shape index (κ3) is 7.34. The first-order chi connectivity index (χ1) is 20.0. The number of ether oxygens (including phenoxy) is 1. The molecule has 0 aliphatic heterocycles. The summed E-state index contributed by atoms with van der Waals surface area (Å²) in [4.78, 5) is 40.0. The lowest BCUT2D eigenvalue weighted by Gasteiger charge is -2.22. The van der Waals surface area contributed by atoms with Gasteiger partial charge in [-0.15, -0.1) is 23.1 Å². The van der Waals surface area contributed by atoms with E-state index in [4.69, 9.17) is 4.74 Å². The molecule has 6 nitrogen and oxygen atoms in total. The van der Waals surface area contributed by atoms with Gasteiger partial charge in [-0.2, -0.15) is 0 Å². The van der Waals surface area contributed by atoms with Crippen molar-refractivity contribution in [3.63, 3.8) is 0 Å². The van der Waals surface area contributed by atoms with Crippen LogP contribution in [-0.2, 0) is 27.2 Å². The first-order valence-electron chi connectivity index (χ1n) is 13.3. The van der Waals surface area contributed by atoms with E-state index in [0.29, 0.717) is 22.2 Å². The van der Waals surface area contributed by atoms with E-state index in [1.165, 1.54) is 41.8 Å². The lowest BCUT2D eigenvalue weighted by molar-refractivity contribution is -0.114. The van der Waals surface area contributed by atoms with Crippen LogP contribution in [0.5, 0.6) is 0 Å². The summed E-state index contributed by atoms with van der Waals surface area (Å²) in [7, 11) is 1.37. The number of anilines is 2. The summed E-state index contributed by atoms with van der Waals surface area (Å²) in [5.74, 6) is -0.332. The maximum Gasteiger partial charge on any atom is 0.341 e. The van der Waals surface area contributed by atoms with E-state index in [9.17, 15) is 14.4 Å². The number of amides is 2. The Morgan fingerprint density at radius 3 is 2.49 bits per heavy atom. The minimum Gasteiger partial charge on any atom is -0.465 e. The molecule has 208 valence electrons. The molecule has 1 unspecified atom stereocenters. The Kier molecular flexibility index (Phi) is 9.33. The molecule has 0 fully saturated rings. The molecule has 0 saturated carbocycles. The molecule has 1 aliphatic carbocycles. The van der Waals surface area contributed by atoms with E-state index in [1.54, 1.807) is 12.1 Å². The predicted octanol–water partition coefficient (Wildman–Crippen LogP) is 7.19. The van der Waals surface area contributed by atoms with Crippen molar-refractivity contribution in [1.82, 2.24) is 0 Å². The van der Waals surface area contributed by atoms with Crippen molar-refractivity contribution in [2.75, 3.05) is 23.5 Å². The van der Waals surface area contributed by atoms with Crippen LogP contribution in [-0.4, -0.2) is 30.6 Å². The van der Waals surface area contributed by atoms with Gasteiger partial charge in [0.05, 0.1) is 18.4 Å². The maximum atomic E-state index is 13.0. The number of fused-ring (bicyclic) bond motifs is 1.